The van der Waals surface area contributed by atoms with Crippen LogP contribution in [0.25, 0.3) is 11.0 Å². The highest BCUT2D eigenvalue weighted by molar-refractivity contribution is 6.33. The number of furan rings is 1. The van der Waals surface area contributed by atoms with Gasteiger partial charge in [-0.15, -0.1) is 0 Å². The number of nitrogens with two attached hydrogens (primary N) is 1. The van der Waals surface area contributed by atoms with Crippen LogP contribution in [-0.4, -0.2) is 5.78 Å². The van der Waals surface area contributed by atoms with Crippen molar-refractivity contribution in [1.29, 1.82) is 0 Å². The Morgan fingerprint density at radius 1 is 1.15 bits per heavy atom. The van der Waals surface area contributed by atoms with Crippen molar-refractivity contribution in [2.24, 2.45) is 0 Å². The van der Waals surface area contributed by atoms with Gasteiger partial charge in [0.25, 0.3) is 0 Å². The van der Waals surface area contributed by atoms with Gasteiger partial charge in [0, 0.05) is 10.9 Å². The van der Waals surface area contributed by atoms with E-state index in [1.807, 2.05) is 25.1 Å². The van der Waals surface area contributed by atoms with Crippen molar-refractivity contribution in [2.75, 3.05) is 5.73 Å². The highest BCUT2D eigenvalue weighted by Gasteiger charge is 2.15. The number of ketones is 1. The highest BCUT2D eigenvalue weighted by Crippen LogP contribution is 2.25. The molecule has 0 aliphatic carbocycles. The van der Waals surface area contributed by atoms with Gasteiger partial charge in [-0.2, -0.15) is 0 Å². The van der Waals surface area contributed by atoms with Gasteiger partial charge in [-0.1, -0.05) is 23.2 Å². The molecule has 0 atom stereocenters. The molecular formula is C16H12ClNO2. The Hall–Kier alpha value is -2.26. The number of fused-ring (bicyclic) bond motifs is 1. The lowest BCUT2D eigenvalue weighted by Gasteiger charge is -2.01. The van der Waals surface area contributed by atoms with Gasteiger partial charge in [-0.05, 0) is 43.3 Å². The number of carbonyl (C=O) groups excluding carboxylic acids is 1. The molecule has 20 heavy (non-hydrogen) atoms. The Bertz CT molecular complexity index is 820. The number of benzene rings is 2. The lowest BCUT2D eigenvalue weighted by atomic mass is 10.1. The summed E-state index contributed by atoms with van der Waals surface area (Å²) in [6.45, 7) is 1.99. The fourth-order valence-electron chi connectivity index (χ4n) is 2.10. The maximum absolute atomic E-state index is 12.4. The Morgan fingerprint density at radius 2 is 1.95 bits per heavy atom. The molecule has 3 rings (SSSR count). The van der Waals surface area contributed by atoms with E-state index in [0.717, 1.165) is 10.9 Å². The van der Waals surface area contributed by atoms with Gasteiger partial charge in [-0.3, -0.25) is 4.79 Å². The van der Waals surface area contributed by atoms with E-state index in [2.05, 4.69) is 0 Å². The molecule has 3 aromatic rings. The molecule has 3 nitrogen and oxygen atoms in total. The molecule has 0 fully saturated rings. The summed E-state index contributed by atoms with van der Waals surface area (Å²) in [4.78, 5) is 12.4. The van der Waals surface area contributed by atoms with Crippen molar-refractivity contribution in [3.05, 3.63) is 64.4 Å². The second-order valence-corrected chi connectivity index (χ2v) is 5.12. The van der Waals surface area contributed by atoms with Crippen LogP contribution in [-0.2, 0) is 0 Å². The zero-order valence-electron chi connectivity index (χ0n) is 10.8. The Balaban J connectivity index is 2.05. The van der Waals surface area contributed by atoms with Crippen LogP contribution in [0.3, 0.4) is 0 Å². The molecule has 4 heteroatoms. The summed E-state index contributed by atoms with van der Waals surface area (Å²) in [6.07, 6.45) is 0. The monoisotopic (exact) mass is 285 g/mol. The van der Waals surface area contributed by atoms with Gasteiger partial charge in [-0.25, -0.2) is 0 Å². The molecule has 0 saturated heterocycles. The van der Waals surface area contributed by atoms with Crippen LogP contribution in [0.15, 0.2) is 46.9 Å². The summed E-state index contributed by atoms with van der Waals surface area (Å²) >= 11 is 5.85. The molecule has 0 spiro atoms. The maximum Gasteiger partial charge on any atom is 0.228 e. The first-order chi connectivity index (χ1) is 9.54. The standard InChI is InChI=1S/C16H12ClNO2/c1-9-2-5-14-11(6-9)8-15(20-14)16(19)10-3-4-12(17)13(18)7-10/h2-8H,18H2,1H3. The molecule has 0 bridgehead atoms. The predicted molar refractivity (Wildman–Crippen MR) is 80.2 cm³/mol. The molecule has 2 N–H and O–H groups in total. The number of rotatable bonds is 2. The molecule has 1 aromatic heterocycles. The first-order valence-electron chi connectivity index (χ1n) is 6.14. The quantitative estimate of drug-likeness (QED) is 0.567. The fraction of sp³-hybridized carbons (Fsp3) is 0.0625. The number of carbonyl (C=O) groups is 1. The lowest BCUT2D eigenvalue weighted by Crippen LogP contribution is -2.00. The molecule has 0 aliphatic heterocycles. The second kappa shape index (κ2) is 4.69. The predicted octanol–water partition coefficient (Wildman–Crippen LogP) is 4.21. The average Bonchev–Trinajstić information content (AvgIpc) is 2.84. The van der Waals surface area contributed by atoms with Crippen molar-refractivity contribution < 1.29 is 9.21 Å². The largest absolute Gasteiger partial charge is 0.453 e. The van der Waals surface area contributed by atoms with E-state index in [4.69, 9.17) is 21.8 Å². The summed E-state index contributed by atoms with van der Waals surface area (Å²) < 4.78 is 5.59. The minimum atomic E-state index is -0.206. The molecule has 0 unspecified atom stereocenters. The van der Waals surface area contributed by atoms with Crippen molar-refractivity contribution >= 4 is 34.0 Å². The van der Waals surface area contributed by atoms with Crippen molar-refractivity contribution in [3.63, 3.8) is 0 Å². The Kier molecular flexibility index (Phi) is 2.99. The van der Waals surface area contributed by atoms with Crippen molar-refractivity contribution in [2.45, 2.75) is 6.92 Å². The molecule has 0 radical (unpaired) electrons. The van der Waals surface area contributed by atoms with E-state index >= 15 is 0 Å². The van der Waals surface area contributed by atoms with E-state index in [9.17, 15) is 4.79 Å². The molecule has 0 aliphatic rings. The van der Waals surface area contributed by atoms with Crippen molar-refractivity contribution in [1.82, 2.24) is 0 Å². The minimum Gasteiger partial charge on any atom is -0.453 e. The molecule has 2 aromatic carbocycles. The molecule has 0 amide bonds. The van der Waals surface area contributed by atoms with Crippen molar-refractivity contribution in [3.8, 4) is 0 Å². The van der Waals surface area contributed by atoms with Crippen LogP contribution < -0.4 is 5.73 Å². The van der Waals surface area contributed by atoms with E-state index < -0.39 is 0 Å². The molecule has 1 heterocycles. The molecular weight excluding hydrogens is 274 g/mol. The number of hydrogen-bond donors (Lipinski definition) is 1. The van der Waals surface area contributed by atoms with E-state index in [1.165, 1.54) is 0 Å². The average molecular weight is 286 g/mol. The second-order valence-electron chi connectivity index (χ2n) is 4.72. The number of nitrogen functional groups attached to an aromatic ring is 1. The van der Waals surface area contributed by atoms with Gasteiger partial charge in [0.1, 0.15) is 5.58 Å². The third kappa shape index (κ3) is 2.17. The summed E-state index contributed by atoms with van der Waals surface area (Å²) in [5.41, 5.74) is 8.37. The maximum atomic E-state index is 12.4. The van der Waals surface area contributed by atoms with Gasteiger partial charge in [0.15, 0.2) is 5.76 Å². The number of anilines is 1. The van der Waals surface area contributed by atoms with Gasteiger partial charge in [0.2, 0.25) is 5.78 Å². The number of halogens is 1. The first kappa shape index (κ1) is 12.8. The van der Waals surface area contributed by atoms with Crippen LogP contribution in [0.4, 0.5) is 5.69 Å². The summed E-state index contributed by atoms with van der Waals surface area (Å²) in [5, 5.41) is 1.34. The molecule has 100 valence electrons. The number of hydrogen-bond acceptors (Lipinski definition) is 3. The van der Waals surface area contributed by atoms with Crippen LogP contribution >= 0.6 is 11.6 Å². The zero-order chi connectivity index (χ0) is 14.3. The minimum absolute atomic E-state index is 0.206. The van der Waals surface area contributed by atoms with E-state index in [-0.39, 0.29) is 5.78 Å². The first-order valence-corrected chi connectivity index (χ1v) is 6.52. The zero-order valence-corrected chi connectivity index (χ0v) is 11.6. The summed E-state index contributed by atoms with van der Waals surface area (Å²) in [5.74, 6) is 0.0922. The smallest absolute Gasteiger partial charge is 0.228 e. The van der Waals surface area contributed by atoms with Gasteiger partial charge < -0.3 is 10.2 Å². The van der Waals surface area contributed by atoms with E-state index in [0.29, 0.717) is 27.6 Å². The van der Waals surface area contributed by atoms with E-state index in [1.54, 1.807) is 24.3 Å². The van der Waals surface area contributed by atoms with Gasteiger partial charge in [0.05, 0.1) is 10.7 Å². The third-order valence-electron chi connectivity index (χ3n) is 3.15. The SMILES string of the molecule is Cc1ccc2oc(C(=O)c3ccc(Cl)c(N)c3)cc2c1. The normalized spacial score (nSPS) is 10.9. The number of aryl methyl sites for hydroxylation is 1. The highest BCUT2D eigenvalue weighted by atomic mass is 35.5. The summed E-state index contributed by atoms with van der Waals surface area (Å²) in [6, 6.07) is 12.3. The van der Waals surface area contributed by atoms with Crippen LogP contribution in [0, 0.1) is 6.92 Å². The Labute approximate surface area is 120 Å². The topological polar surface area (TPSA) is 56.2 Å². The fourth-order valence-corrected chi connectivity index (χ4v) is 2.22. The van der Waals surface area contributed by atoms with Crippen LogP contribution in [0.2, 0.25) is 5.02 Å². The molecule has 0 saturated carbocycles. The Morgan fingerprint density at radius 3 is 2.70 bits per heavy atom. The lowest BCUT2D eigenvalue weighted by molar-refractivity contribution is 0.101. The third-order valence-corrected chi connectivity index (χ3v) is 3.50. The summed E-state index contributed by atoms with van der Waals surface area (Å²) in [7, 11) is 0. The van der Waals surface area contributed by atoms with Crippen LogP contribution in [0.1, 0.15) is 21.7 Å². The van der Waals surface area contributed by atoms with Gasteiger partial charge >= 0.3 is 0 Å². The van der Waals surface area contributed by atoms with Crippen LogP contribution in [0.5, 0.6) is 0 Å².